The van der Waals surface area contributed by atoms with Crippen LogP contribution in [-0.2, 0) is 16.0 Å². The lowest BCUT2D eigenvalue weighted by atomic mass is 9.92. The van der Waals surface area contributed by atoms with Crippen LogP contribution in [0, 0.1) is 6.92 Å². The van der Waals surface area contributed by atoms with Crippen molar-refractivity contribution in [2.45, 2.75) is 52.5 Å². The van der Waals surface area contributed by atoms with Crippen LogP contribution in [0.4, 0.5) is 0 Å². The lowest BCUT2D eigenvalue weighted by Crippen LogP contribution is -2.46. The first-order valence-corrected chi connectivity index (χ1v) is 11.1. The quantitative estimate of drug-likeness (QED) is 0.685. The minimum atomic E-state index is -0.0622. The second-order valence-corrected chi connectivity index (χ2v) is 8.47. The molecule has 0 unspecified atom stereocenters. The molecular weight excluding hydrogens is 368 g/mol. The third-order valence-electron chi connectivity index (χ3n) is 5.44. The molecule has 1 aromatic heterocycles. The molecule has 1 aromatic carbocycles. The molecule has 0 bridgehead atoms. The van der Waals surface area contributed by atoms with E-state index in [9.17, 15) is 9.59 Å². The monoisotopic (exact) mass is 398 g/mol. The van der Waals surface area contributed by atoms with Gasteiger partial charge in [0.05, 0.1) is 12.6 Å². The Morgan fingerprint density at radius 2 is 1.93 bits per heavy atom. The van der Waals surface area contributed by atoms with E-state index in [0.29, 0.717) is 19.5 Å². The summed E-state index contributed by atoms with van der Waals surface area (Å²) in [6.07, 6.45) is 3.26. The van der Waals surface area contributed by atoms with Crippen LogP contribution in [-0.4, -0.2) is 41.2 Å². The second kappa shape index (κ2) is 9.37. The highest BCUT2D eigenvalue weighted by molar-refractivity contribution is 7.10. The van der Waals surface area contributed by atoms with Crippen molar-refractivity contribution in [2.24, 2.45) is 0 Å². The van der Waals surface area contributed by atoms with E-state index in [4.69, 9.17) is 0 Å². The molecule has 150 valence electrons. The van der Waals surface area contributed by atoms with Crippen molar-refractivity contribution in [3.05, 3.63) is 57.3 Å². The van der Waals surface area contributed by atoms with Crippen LogP contribution in [0.2, 0.25) is 0 Å². The Bertz CT molecular complexity index is 812. The fraction of sp³-hybridized carbons (Fsp3) is 0.478. The Morgan fingerprint density at radius 1 is 1.18 bits per heavy atom. The largest absolute Gasteiger partial charge is 0.333 e. The molecule has 0 fully saturated rings. The number of rotatable bonds is 7. The maximum absolute atomic E-state index is 13.3. The van der Waals surface area contributed by atoms with Crippen molar-refractivity contribution < 1.29 is 9.59 Å². The highest BCUT2D eigenvalue weighted by Gasteiger charge is 2.33. The van der Waals surface area contributed by atoms with Gasteiger partial charge in [-0.1, -0.05) is 50.1 Å². The molecule has 1 aliphatic heterocycles. The molecule has 2 aromatic rings. The molecule has 0 spiro atoms. The van der Waals surface area contributed by atoms with Gasteiger partial charge in [-0.2, -0.15) is 0 Å². The van der Waals surface area contributed by atoms with E-state index in [1.54, 1.807) is 16.2 Å². The molecule has 28 heavy (non-hydrogen) atoms. The third-order valence-corrected chi connectivity index (χ3v) is 6.44. The summed E-state index contributed by atoms with van der Waals surface area (Å²) in [6.45, 7) is 7.57. The van der Waals surface area contributed by atoms with E-state index >= 15 is 0 Å². The smallest absolute Gasteiger partial charge is 0.242 e. The lowest BCUT2D eigenvalue weighted by Gasteiger charge is -2.37. The summed E-state index contributed by atoms with van der Waals surface area (Å²) >= 11 is 1.77. The summed E-state index contributed by atoms with van der Waals surface area (Å²) in [5.74, 6) is 0.0993. The maximum atomic E-state index is 13.3. The highest BCUT2D eigenvalue weighted by Crippen LogP contribution is 2.37. The van der Waals surface area contributed by atoms with Crippen molar-refractivity contribution in [1.29, 1.82) is 0 Å². The van der Waals surface area contributed by atoms with Crippen molar-refractivity contribution >= 4 is 23.2 Å². The minimum absolute atomic E-state index is 0.0420. The van der Waals surface area contributed by atoms with Gasteiger partial charge in [0.25, 0.3) is 0 Å². The van der Waals surface area contributed by atoms with Crippen molar-refractivity contribution in [3.8, 4) is 0 Å². The first-order chi connectivity index (χ1) is 13.5. The number of unbranched alkanes of at least 4 members (excludes halogenated alkanes) is 1. The van der Waals surface area contributed by atoms with Crippen LogP contribution in [0.3, 0.4) is 0 Å². The molecule has 2 heterocycles. The van der Waals surface area contributed by atoms with Crippen LogP contribution in [0.25, 0.3) is 0 Å². The molecule has 0 saturated heterocycles. The first kappa shape index (κ1) is 20.6. The molecule has 0 N–H and O–H groups in total. The van der Waals surface area contributed by atoms with Gasteiger partial charge < -0.3 is 9.80 Å². The first-order valence-electron chi connectivity index (χ1n) is 10.2. The Hall–Kier alpha value is -2.14. The SMILES string of the molecule is CCCCN(CC(=O)N1CCc2sccc2[C@@H]1c1ccc(C)cc1)C(=O)CC. The van der Waals surface area contributed by atoms with Crippen LogP contribution in [0.1, 0.15) is 60.7 Å². The fourth-order valence-electron chi connectivity index (χ4n) is 3.81. The normalized spacial score (nSPS) is 16.0. The summed E-state index contributed by atoms with van der Waals surface area (Å²) in [4.78, 5) is 30.7. The molecule has 1 atom stereocenters. The lowest BCUT2D eigenvalue weighted by molar-refractivity contribution is -0.141. The molecule has 3 rings (SSSR count). The van der Waals surface area contributed by atoms with Gasteiger partial charge in [-0.3, -0.25) is 9.59 Å². The van der Waals surface area contributed by atoms with Crippen molar-refractivity contribution in [1.82, 2.24) is 9.80 Å². The molecule has 1 aliphatic rings. The van der Waals surface area contributed by atoms with E-state index in [2.05, 4.69) is 49.6 Å². The number of thiophene rings is 1. The van der Waals surface area contributed by atoms with E-state index < -0.39 is 0 Å². The van der Waals surface area contributed by atoms with E-state index in [1.807, 2.05) is 11.8 Å². The zero-order chi connectivity index (χ0) is 20.1. The van der Waals surface area contributed by atoms with E-state index in [-0.39, 0.29) is 24.4 Å². The number of carbonyl (C=O) groups excluding carboxylic acids is 2. The zero-order valence-corrected chi connectivity index (χ0v) is 17.9. The average molecular weight is 399 g/mol. The predicted octanol–water partition coefficient (Wildman–Crippen LogP) is 4.57. The van der Waals surface area contributed by atoms with E-state index in [0.717, 1.165) is 24.8 Å². The number of fused-ring (bicyclic) bond motifs is 1. The van der Waals surface area contributed by atoms with Gasteiger partial charge in [0.2, 0.25) is 11.8 Å². The zero-order valence-electron chi connectivity index (χ0n) is 17.1. The summed E-state index contributed by atoms with van der Waals surface area (Å²) in [7, 11) is 0. The number of aryl methyl sites for hydroxylation is 1. The van der Waals surface area contributed by atoms with Gasteiger partial charge in [0, 0.05) is 24.4 Å². The second-order valence-electron chi connectivity index (χ2n) is 7.47. The van der Waals surface area contributed by atoms with Gasteiger partial charge in [0.15, 0.2) is 0 Å². The highest BCUT2D eigenvalue weighted by atomic mass is 32.1. The predicted molar refractivity (Wildman–Crippen MR) is 115 cm³/mol. The number of nitrogens with zero attached hydrogens (tertiary/aromatic N) is 2. The molecule has 0 saturated carbocycles. The number of hydrogen-bond acceptors (Lipinski definition) is 3. The van der Waals surface area contributed by atoms with Crippen molar-refractivity contribution in [2.75, 3.05) is 19.6 Å². The summed E-state index contributed by atoms with van der Waals surface area (Å²) in [5, 5.41) is 2.12. The number of benzene rings is 1. The number of amides is 2. The molecule has 2 amide bonds. The van der Waals surface area contributed by atoms with Gasteiger partial charge in [-0.05, 0) is 42.3 Å². The third kappa shape index (κ3) is 4.46. The molecule has 5 heteroatoms. The van der Waals surface area contributed by atoms with Gasteiger partial charge >= 0.3 is 0 Å². The van der Waals surface area contributed by atoms with Crippen LogP contribution in [0.5, 0.6) is 0 Å². The number of hydrogen-bond donors (Lipinski definition) is 0. The van der Waals surface area contributed by atoms with Gasteiger partial charge in [0.1, 0.15) is 0 Å². The molecule has 0 radical (unpaired) electrons. The molecule has 4 nitrogen and oxygen atoms in total. The summed E-state index contributed by atoms with van der Waals surface area (Å²) in [6, 6.07) is 10.5. The van der Waals surface area contributed by atoms with E-state index in [1.165, 1.54) is 16.0 Å². The fourth-order valence-corrected chi connectivity index (χ4v) is 4.72. The Kier molecular flexibility index (Phi) is 6.89. The van der Waals surface area contributed by atoms with Crippen LogP contribution < -0.4 is 0 Å². The minimum Gasteiger partial charge on any atom is -0.333 e. The van der Waals surface area contributed by atoms with Crippen LogP contribution in [0.15, 0.2) is 35.7 Å². The standard InChI is InChI=1S/C23H30N2O2S/c1-4-6-13-24(21(26)5-2)16-22(27)25-14-11-20-19(12-15-28-20)23(25)18-9-7-17(3)8-10-18/h7-10,12,15,23H,4-6,11,13-14,16H2,1-3H3/t23-/m0/s1. The van der Waals surface area contributed by atoms with Gasteiger partial charge in [-0.25, -0.2) is 0 Å². The number of carbonyl (C=O) groups is 2. The maximum Gasteiger partial charge on any atom is 0.242 e. The molecular formula is C23H30N2O2S. The topological polar surface area (TPSA) is 40.6 Å². The summed E-state index contributed by atoms with van der Waals surface area (Å²) < 4.78 is 0. The van der Waals surface area contributed by atoms with Gasteiger partial charge in [-0.15, -0.1) is 11.3 Å². The van der Waals surface area contributed by atoms with Crippen LogP contribution >= 0.6 is 11.3 Å². The molecule has 0 aliphatic carbocycles. The Morgan fingerprint density at radius 3 is 2.61 bits per heavy atom. The average Bonchev–Trinajstić information content (AvgIpc) is 3.19. The Labute approximate surface area is 172 Å². The Balaban J connectivity index is 1.86. The van der Waals surface area contributed by atoms with Crippen molar-refractivity contribution in [3.63, 3.8) is 0 Å². The summed E-state index contributed by atoms with van der Waals surface area (Å²) in [5.41, 5.74) is 3.58.